The third-order valence-corrected chi connectivity index (χ3v) is 4.23. The molecule has 1 aliphatic rings. The fourth-order valence-corrected chi connectivity index (χ4v) is 2.99. The van der Waals surface area contributed by atoms with Gasteiger partial charge in [0.25, 0.3) is 0 Å². The SMILES string of the molecule is COc1ncc(Br)cc1CN(C(=O)O)C1CCN(C)CC1. The van der Waals surface area contributed by atoms with Gasteiger partial charge in [0.2, 0.25) is 5.88 Å². The fraction of sp³-hybridized carbons (Fsp3) is 0.571. The second kappa shape index (κ2) is 7.09. The molecule has 1 fully saturated rings. The van der Waals surface area contributed by atoms with E-state index in [4.69, 9.17) is 4.74 Å². The average molecular weight is 358 g/mol. The highest BCUT2D eigenvalue weighted by Gasteiger charge is 2.27. The van der Waals surface area contributed by atoms with Crippen LogP contribution in [0.25, 0.3) is 0 Å². The van der Waals surface area contributed by atoms with Crippen molar-refractivity contribution < 1.29 is 14.6 Å². The largest absolute Gasteiger partial charge is 0.481 e. The lowest BCUT2D eigenvalue weighted by molar-refractivity contribution is 0.0922. The zero-order valence-corrected chi connectivity index (χ0v) is 13.8. The normalized spacial score (nSPS) is 16.7. The second-order valence-corrected chi connectivity index (χ2v) is 6.18. The van der Waals surface area contributed by atoms with Crippen LogP contribution in [0.5, 0.6) is 5.88 Å². The monoisotopic (exact) mass is 357 g/mol. The third-order valence-electron chi connectivity index (χ3n) is 3.80. The van der Waals surface area contributed by atoms with Crippen molar-refractivity contribution in [1.82, 2.24) is 14.8 Å². The number of ether oxygens (including phenoxy) is 1. The highest BCUT2D eigenvalue weighted by molar-refractivity contribution is 9.10. The Morgan fingerprint density at radius 3 is 2.81 bits per heavy atom. The molecular weight excluding hydrogens is 338 g/mol. The number of hydrogen-bond acceptors (Lipinski definition) is 4. The fourth-order valence-electron chi connectivity index (χ4n) is 2.61. The molecule has 1 aromatic heterocycles. The topological polar surface area (TPSA) is 65.9 Å². The van der Waals surface area contributed by atoms with Gasteiger partial charge in [-0.3, -0.25) is 0 Å². The van der Waals surface area contributed by atoms with E-state index in [2.05, 4.69) is 32.9 Å². The summed E-state index contributed by atoms with van der Waals surface area (Å²) >= 11 is 3.37. The number of amides is 1. The first-order valence-electron chi connectivity index (χ1n) is 6.87. The molecule has 0 aliphatic carbocycles. The summed E-state index contributed by atoms with van der Waals surface area (Å²) in [7, 11) is 3.60. The van der Waals surface area contributed by atoms with Crippen molar-refractivity contribution in [2.45, 2.75) is 25.4 Å². The number of likely N-dealkylation sites (tertiary alicyclic amines) is 1. The van der Waals surface area contributed by atoms with E-state index in [1.54, 1.807) is 13.3 Å². The predicted octanol–water partition coefficient (Wildman–Crippen LogP) is 2.43. The molecule has 0 spiro atoms. The van der Waals surface area contributed by atoms with E-state index in [9.17, 15) is 9.90 Å². The second-order valence-electron chi connectivity index (χ2n) is 5.27. The quantitative estimate of drug-likeness (QED) is 0.896. The number of piperidine rings is 1. The minimum atomic E-state index is -0.897. The van der Waals surface area contributed by atoms with Gasteiger partial charge in [-0.25, -0.2) is 9.78 Å². The van der Waals surface area contributed by atoms with Crippen LogP contribution >= 0.6 is 15.9 Å². The Balaban J connectivity index is 2.16. The number of aromatic nitrogens is 1. The predicted molar refractivity (Wildman–Crippen MR) is 82.6 cm³/mol. The summed E-state index contributed by atoms with van der Waals surface area (Å²) in [6, 6.07) is 1.90. The highest BCUT2D eigenvalue weighted by atomic mass is 79.9. The van der Waals surface area contributed by atoms with Crippen LogP contribution in [0, 0.1) is 0 Å². The molecule has 1 N–H and O–H groups in total. The van der Waals surface area contributed by atoms with E-state index in [0.29, 0.717) is 12.4 Å². The molecule has 2 rings (SSSR count). The summed E-state index contributed by atoms with van der Waals surface area (Å²) in [5.41, 5.74) is 0.771. The van der Waals surface area contributed by atoms with Crippen LogP contribution in [0.3, 0.4) is 0 Å². The first-order chi connectivity index (χ1) is 10.0. The minimum absolute atomic E-state index is 0.0439. The average Bonchev–Trinajstić information content (AvgIpc) is 2.46. The Morgan fingerprint density at radius 2 is 2.24 bits per heavy atom. The van der Waals surface area contributed by atoms with E-state index < -0.39 is 6.09 Å². The van der Waals surface area contributed by atoms with Crippen molar-refractivity contribution in [3.05, 3.63) is 22.3 Å². The van der Waals surface area contributed by atoms with Gasteiger partial charge in [0.1, 0.15) is 0 Å². The maximum atomic E-state index is 11.6. The maximum absolute atomic E-state index is 11.6. The van der Waals surface area contributed by atoms with E-state index in [-0.39, 0.29) is 6.04 Å². The van der Waals surface area contributed by atoms with Gasteiger partial charge in [-0.2, -0.15) is 0 Å². The molecule has 1 saturated heterocycles. The van der Waals surface area contributed by atoms with Gasteiger partial charge in [0, 0.05) is 22.3 Å². The van der Waals surface area contributed by atoms with Gasteiger partial charge in [-0.15, -0.1) is 0 Å². The number of methoxy groups -OCH3 is 1. The third kappa shape index (κ3) is 4.07. The van der Waals surface area contributed by atoms with Crippen LogP contribution < -0.4 is 4.74 Å². The van der Waals surface area contributed by atoms with Crippen molar-refractivity contribution in [3.63, 3.8) is 0 Å². The molecule has 1 amide bonds. The first kappa shape index (κ1) is 16.0. The lowest BCUT2D eigenvalue weighted by atomic mass is 10.0. The molecule has 0 atom stereocenters. The van der Waals surface area contributed by atoms with Crippen molar-refractivity contribution in [2.75, 3.05) is 27.2 Å². The van der Waals surface area contributed by atoms with Gasteiger partial charge in [-0.05, 0) is 55.0 Å². The molecule has 0 aromatic carbocycles. The van der Waals surface area contributed by atoms with Crippen molar-refractivity contribution >= 4 is 22.0 Å². The van der Waals surface area contributed by atoms with E-state index in [1.165, 1.54) is 4.90 Å². The minimum Gasteiger partial charge on any atom is -0.481 e. The van der Waals surface area contributed by atoms with Crippen LogP contribution in [0.4, 0.5) is 4.79 Å². The van der Waals surface area contributed by atoms with Gasteiger partial charge in [0.05, 0.1) is 13.7 Å². The number of carboxylic acid groups (broad SMARTS) is 1. The summed E-state index contributed by atoms with van der Waals surface area (Å²) in [5, 5.41) is 9.52. The first-order valence-corrected chi connectivity index (χ1v) is 7.67. The lowest BCUT2D eigenvalue weighted by Gasteiger charge is -2.35. The molecule has 0 bridgehead atoms. The van der Waals surface area contributed by atoms with Crippen LogP contribution in [-0.4, -0.2) is 59.3 Å². The van der Waals surface area contributed by atoms with Gasteiger partial charge < -0.3 is 19.6 Å². The van der Waals surface area contributed by atoms with Crippen molar-refractivity contribution in [2.24, 2.45) is 0 Å². The summed E-state index contributed by atoms with van der Waals surface area (Å²) in [6.07, 6.45) is 2.45. The van der Waals surface area contributed by atoms with Gasteiger partial charge >= 0.3 is 6.09 Å². The van der Waals surface area contributed by atoms with E-state index >= 15 is 0 Å². The number of carbonyl (C=O) groups is 1. The van der Waals surface area contributed by atoms with Gasteiger partial charge in [-0.1, -0.05) is 0 Å². The Labute approximate surface area is 132 Å². The van der Waals surface area contributed by atoms with Crippen molar-refractivity contribution in [3.8, 4) is 5.88 Å². The van der Waals surface area contributed by atoms with Crippen LogP contribution in [0.15, 0.2) is 16.7 Å². The highest BCUT2D eigenvalue weighted by Crippen LogP contribution is 2.24. The molecule has 116 valence electrons. The summed E-state index contributed by atoms with van der Waals surface area (Å²) in [4.78, 5) is 19.5. The summed E-state index contributed by atoms with van der Waals surface area (Å²) < 4.78 is 6.04. The van der Waals surface area contributed by atoms with E-state index in [0.717, 1.165) is 36.0 Å². The molecule has 1 aromatic rings. The zero-order valence-electron chi connectivity index (χ0n) is 12.3. The van der Waals surface area contributed by atoms with E-state index in [1.807, 2.05) is 6.07 Å². The number of halogens is 1. The number of hydrogen-bond donors (Lipinski definition) is 1. The molecule has 1 aliphatic heterocycles. The molecule has 0 radical (unpaired) electrons. The Hall–Kier alpha value is -1.34. The van der Waals surface area contributed by atoms with Crippen molar-refractivity contribution in [1.29, 1.82) is 0 Å². The standard InChI is InChI=1S/C14H20BrN3O3/c1-17-5-3-12(4-6-17)18(14(19)20)9-10-7-11(15)8-16-13(10)21-2/h7-8,12H,3-6,9H2,1-2H3,(H,19,20). The zero-order chi connectivity index (χ0) is 15.4. The Kier molecular flexibility index (Phi) is 5.41. The lowest BCUT2D eigenvalue weighted by Crippen LogP contribution is -2.45. The summed E-state index contributed by atoms with van der Waals surface area (Å²) in [6.45, 7) is 2.13. The van der Waals surface area contributed by atoms with Gasteiger partial charge in [0.15, 0.2) is 0 Å². The smallest absolute Gasteiger partial charge is 0.407 e. The number of nitrogens with zero attached hydrogens (tertiary/aromatic N) is 3. The molecule has 6 nitrogen and oxygen atoms in total. The summed E-state index contributed by atoms with van der Waals surface area (Å²) in [5.74, 6) is 0.470. The Morgan fingerprint density at radius 1 is 1.57 bits per heavy atom. The van der Waals surface area contributed by atoms with Crippen LogP contribution in [0.1, 0.15) is 18.4 Å². The molecule has 0 unspecified atom stereocenters. The Bertz CT molecular complexity index is 504. The molecule has 2 heterocycles. The molecule has 7 heteroatoms. The van der Waals surface area contributed by atoms with Crippen LogP contribution in [-0.2, 0) is 6.54 Å². The molecular formula is C14H20BrN3O3. The van der Waals surface area contributed by atoms with Crippen LogP contribution in [0.2, 0.25) is 0 Å². The number of rotatable bonds is 4. The molecule has 0 saturated carbocycles. The maximum Gasteiger partial charge on any atom is 0.407 e. The molecule has 21 heavy (non-hydrogen) atoms. The number of pyridine rings is 1.